The lowest BCUT2D eigenvalue weighted by Gasteiger charge is -2.04. The van der Waals surface area contributed by atoms with E-state index in [2.05, 4.69) is 10.3 Å². The van der Waals surface area contributed by atoms with Gasteiger partial charge in [0.05, 0.1) is 17.3 Å². The third-order valence-electron chi connectivity index (χ3n) is 2.18. The topological polar surface area (TPSA) is 64.4 Å². The van der Waals surface area contributed by atoms with Crippen molar-refractivity contribution in [2.24, 2.45) is 0 Å². The highest BCUT2D eigenvalue weighted by Crippen LogP contribution is 2.27. The Morgan fingerprint density at radius 3 is 3.05 bits per heavy atom. The van der Waals surface area contributed by atoms with Crippen molar-refractivity contribution in [2.75, 3.05) is 11.9 Å². The fourth-order valence-electron chi connectivity index (χ4n) is 1.35. The van der Waals surface area contributed by atoms with E-state index in [0.29, 0.717) is 0 Å². The second kappa shape index (κ2) is 5.71. The van der Waals surface area contributed by atoms with E-state index in [9.17, 15) is 9.18 Å². The number of rotatable bonds is 4. The average molecular weight is 285 g/mol. The largest absolute Gasteiger partial charge is 0.461 e. The lowest BCUT2D eigenvalue weighted by molar-refractivity contribution is 0.0519. The number of para-hydroxylation sites is 1. The van der Waals surface area contributed by atoms with E-state index in [1.165, 1.54) is 18.2 Å². The molecule has 0 saturated heterocycles. The SMILES string of the molecule is CCOC(=O)c1coc(Nc2c(F)cccc2Cl)n1. The number of carbonyl (C=O) groups is 1. The molecule has 1 aromatic heterocycles. The van der Waals surface area contributed by atoms with Gasteiger partial charge in [-0.2, -0.15) is 4.98 Å². The summed E-state index contributed by atoms with van der Waals surface area (Å²) in [5.41, 5.74) is 0.0261. The number of ether oxygens (including phenoxy) is 1. The number of hydrogen-bond acceptors (Lipinski definition) is 5. The van der Waals surface area contributed by atoms with Gasteiger partial charge in [-0.3, -0.25) is 0 Å². The first-order valence-corrected chi connectivity index (χ1v) is 5.83. The molecule has 5 nitrogen and oxygen atoms in total. The highest BCUT2D eigenvalue weighted by atomic mass is 35.5. The molecule has 1 heterocycles. The monoisotopic (exact) mass is 284 g/mol. The summed E-state index contributed by atoms with van der Waals surface area (Å²) >= 11 is 5.83. The first kappa shape index (κ1) is 13.4. The Balaban J connectivity index is 2.18. The van der Waals surface area contributed by atoms with Crippen LogP contribution in [0.4, 0.5) is 16.1 Å². The summed E-state index contributed by atoms with van der Waals surface area (Å²) in [6.45, 7) is 1.91. The minimum absolute atomic E-state index is 0.00295. The minimum atomic E-state index is -0.612. The second-order valence-electron chi connectivity index (χ2n) is 3.48. The zero-order chi connectivity index (χ0) is 13.8. The fourth-order valence-corrected chi connectivity index (χ4v) is 1.56. The molecule has 0 aliphatic carbocycles. The van der Waals surface area contributed by atoms with E-state index in [0.717, 1.165) is 6.26 Å². The molecule has 0 spiro atoms. The van der Waals surface area contributed by atoms with E-state index < -0.39 is 11.8 Å². The molecule has 100 valence electrons. The Bertz CT molecular complexity index is 580. The van der Waals surface area contributed by atoms with Crippen LogP contribution in [0.1, 0.15) is 17.4 Å². The van der Waals surface area contributed by atoms with Gasteiger partial charge in [0.15, 0.2) is 5.69 Å². The van der Waals surface area contributed by atoms with Crippen molar-refractivity contribution in [3.63, 3.8) is 0 Å². The van der Waals surface area contributed by atoms with Crippen LogP contribution in [-0.4, -0.2) is 17.6 Å². The van der Waals surface area contributed by atoms with Crippen LogP contribution in [-0.2, 0) is 4.74 Å². The van der Waals surface area contributed by atoms with Crippen LogP contribution in [0.3, 0.4) is 0 Å². The van der Waals surface area contributed by atoms with Crippen LogP contribution in [0.2, 0.25) is 5.02 Å². The Hall–Kier alpha value is -2.08. The number of oxazole rings is 1. The molecule has 0 aliphatic rings. The van der Waals surface area contributed by atoms with Gasteiger partial charge in [0.25, 0.3) is 6.01 Å². The Labute approximate surface area is 113 Å². The van der Waals surface area contributed by atoms with Crippen molar-refractivity contribution in [3.05, 3.63) is 41.0 Å². The normalized spacial score (nSPS) is 10.3. The highest BCUT2D eigenvalue weighted by molar-refractivity contribution is 6.33. The molecule has 2 aromatic rings. The van der Waals surface area contributed by atoms with Crippen molar-refractivity contribution in [3.8, 4) is 0 Å². The van der Waals surface area contributed by atoms with Crippen molar-refractivity contribution in [1.29, 1.82) is 0 Å². The maximum absolute atomic E-state index is 13.5. The molecule has 0 amide bonds. The molecule has 0 aliphatic heterocycles. The molecular weight excluding hydrogens is 275 g/mol. The Morgan fingerprint density at radius 1 is 1.58 bits per heavy atom. The third kappa shape index (κ3) is 3.03. The van der Waals surface area contributed by atoms with Gasteiger partial charge >= 0.3 is 5.97 Å². The third-order valence-corrected chi connectivity index (χ3v) is 2.50. The van der Waals surface area contributed by atoms with E-state index in [1.54, 1.807) is 6.92 Å². The predicted molar refractivity (Wildman–Crippen MR) is 67.2 cm³/mol. The van der Waals surface area contributed by atoms with Crippen LogP contribution in [0.25, 0.3) is 0 Å². The molecule has 0 saturated carbocycles. The van der Waals surface area contributed by atoms with E-state index in [-0.39, 0.29) is 29.0 Å². The Morgan fingerprint density at radius 2 is 2.37 bits per heavy atom. The lowest BCUT2D eigenvalue weighted by Crippen LogP contribution is -2.05. The molecule has 1 aromatic carbocycles. The quantitative estimate of drug-likeness (QED) is 0.872. The number of hydrogen-bond donors (Lipinski definition) is 1. The van der Waals surface area contributed by atoms with E-state index in [1.807, 2.05) is 0 Å². The van der Waals surface area contributed by atoms with Crippen LogP contribution in [0.15, 0.2) is 28.9 Å². The first-order valence-electron chi connectivity index (χ1n) is 5.45. The van der Waals surface area contributed by atoms with Gasteiger partial charge in [-0.1, -0.05) is 17.7 Å². The maximum atomic E-state index is 13.5. The summed E-state index contributed by atoms with van der Waals surface area (Å²) in [7, 11) is 0. The van der Waals surface area contributed by atoms with Crippen molar-refractivity contribution >= 4 is 29.3 Å². The number of carbonyl (C=O) groups excluding carboxylic acids is 1. The first-order chi connectivity index (χ1) is 9.11. The molecule has 0 fully saturated rings. The molecule has 0 unspecified atom stereocenters. The smallest absolute Gasteiger partial charge is 0.360 e. The number of nitrogens with zero attached hydrogens (tertiary/aromatic N) is 1. The maximum Gasteiger partial charge on any atom is 0.360 e. The van der Waals surface area contributed by atoms with Gasteiger partial charge in [-0.05, 0) is 19.1 Å². The van der Waals surface area contributed by atoms with Crippen LogP contribution in [0.5, 0.6) is 0 Å². The number of anilines is 2. The zero-order valence-corrected chi connectivity index (χ0v) is 10.7. The van der Waals surface area contributed by atoms with Gasteiger partial charge in [0, 0.05) is 0 Å². The van der Waals surface area contributed by atoms with Crippen LogP contribution >= 0.6 is 11.6 Å². The predicted octanol–water partition coefficient (Wildman–Crippen LogP) is 3.39. The number of nitrogens with one attached hydrogen (secondary N) is 1. The molecule has 0 bridgehead atoms. The number of esters is 1. The molecule has 19 heavy (non-hydrogen) atoms. The molecule has 2 rings (SSSR count). The summed E-state index contributed by atoms with van der Waals surface area (Å²) < 4.78 is 23.3. The van der Waals surface area contributed by atoms with Gasteiger partial charge in [-0.25, -0.2) is 9.18 Å². The standard InChI is InChI=1S/C12H10ClFN2O3/c1-2-18-11(17)9-6-19-12(15-9)16-10-7(13)4-3-5-8(10)14/h3-6H,2H2,1H3,(H,15,16). The van der Waals surface area contributed by atoms with E-state index in [4.69, 9.17) is 20.8 Å². The van der Waals surface area contributed by atoms with Gasteiger partial charge < -0.3 is 14.5 Å². The Kier molecular flexibility index (Phi) is 4.01. The average Bonchev–Trinajstić information content (AvgIpc) is 2.83. The van der Waals surface area contributed by atoms with Crippen molar-refractivity contribution in [2.45, 2.75) is 6.92 Å². The number of halogens is 2. The highest BCUT2D eigenvalue weighted by Gasteiger charge is 2.15. The van der Waals surface area contributed by atoms with Gasteiger partial charge in [0.2, 0.25) is 0 Å². The summed E-state index contributed by atoms with van der Waals surface area (Å²) in [6, 6.07) is 4.18. The summed E-state index contributed by atoms with van der Waals surface area (Å²) in [6.07, 6.45) is 1.12. The summed E-state index contributed by atoms with van der Waals surface area (Å²) in [5.74, 6) is -1.16. The lowest BCUT2D eigenvalue weighted by atomic mass is 10.3. The minimum Gasteiger partial charge on any atom is -0.461 e. The van der Waals surface area contributed by atoms with Crippen molar-refractivity contribution < 1.29 is 18.3 Å². The molecule has 7 heteroatoms. The van der Waals surface area contributed by atoms with Gasteiger partial charge in [0.1, 0.15) is 12.1 Å². The zero-order valence-electron chi connectivity index (χ0n) is 9.94. The number of benzene rings is 1. The van der Waals surface area contributed by atoms with Crippen molar-refractivity contribution in [1.82, 2.24) is 4.98 Å². The summed E-state index contributed by atoms with van der Waals surface area (Å²) in [5, 5.41) is 2.74. The summed E-state index contributed by atoms with van der Waals surface area (Å²) in [4.78, 5) is 15.2. The van der Waals surface area contributed by atoms with Gasteiger partial charge in [-0.15, -0.1) is 0 Å². The molecule has 0 atom stereocenters. The fraction of sp³-hybridized carbons (Fsp3) is 0.167. The van der Waals surface area contributed by atoms with Crippen LogP contribution < -0.4 is 5.32 Å². The molecule has 1 N–H and O–H groups in total. The second-order valence-corrected chi connectivity index (χ2v) is 3.89. The number of aromatic nitrogens is 1. The van der Waals surface area contributed by atoms with E-state index >= 15 is 0 Å². The molecule has 0 radical (unpaired) electrons. The molecular formula is C12H10ClFN2O3. The van der Waals surface area contributed by atoms with Crippen LogP contribution in [0, 0.1) is 5.82 Å².